The van der Waals surface area contributed by atoms with Crippen LogP contribution in [-0.4, -0.2) is 48.2 Å². The van der Waals surface area contributed by atoms with Crippen LogP contribution in [0.4, 0.5) is 8.78 Å². The third kappa shape index (κ3) is 1.66. The normalized spacial score (nSPS) is 39.0. The number of aliphatic hydroxyl groups excluding tert-OH is 1. The molecule has 11 heavy (non-hydrogen) atoms. The zero-order valence-electron chi connectivity index (χ0n) is 6.30. The molecular weight excluding hydrogens is 154 g/mol. The summed E-state index contributed by atoms with van der Waals surface area (Å²) in [4.78, 5) is 1.41. The van der Waals surface area contributed by atoms with Gasteiger partial charge in [0.2, 0.25) is 0 Å². The number of hydrogen-bond acceptors (Lipinski definition) is 3. The second kappa shape index (κ2) is 2.66. The third-order valence-electron chi connectivity index (χ3n) is 1.84. The first-order valence-corrected chi connectivity index (χ1v) is 3.43. The van der Waals surface area contributed by atoms with Crippen LogP contribution >= 0.6 is 0 Å². The summed E-state index contributed by atoms with van der Waals surface area (Å²) in [5.41, 5.74) is 5.27. The lowest BCUT2D eigenvalue weighted by atomic mass is 10.00. The summed E-state index contributed by atoms with van der Waals surface area (Å²) in [5.74, 6) is -3.06. The maximum atomic E-state index is 12.7. The van der Waals surface area contributed by atoms with Gasteiger partial charge in [-0.1, -0.05) is 0 Å². The molecule has 0 aromatic carbocycles. The van der Waals surface area contributed by atoms with Gasteiger partial charge >= 0.3 is 0 Å². The standard InChI is InChI=1S/C6H12F2N2O/c1-10-2-4(9)5(11)6(7,8)3-10/h4-5,11H,2-3,9H2,1H3. The van der Waals surface area contributed by atoms with E-state index in [9.17, 15) is 8.78 Å². The highest BCUT2D eigenvalue weighted by Crippen LogP contribution is 2.25. The maximum absolute atomic E-state index is 12.7. The van der Waals surface area contributed by atoms with Crippen molar-refractivity contribution in [3.05, 3.63) is 0 Å². The number of alkyl halides is 2. The third-order valence-corrected chi connectivity index (χ3v) is 1.84. The monoisotopic (exact) mass is 166 g/mol. The van der Waals surface area contributed by atoms with Gasteiger partial charge in [0.15, 0.2) is 0 Å². The Labute approximate surface area is 63.8 Å². The summed E-state index contributed by atoms with van der Waals surface area (Å²) in [5, 5.41) is 8.92. The van der Waals surface area contributed by atoms with Crippen LogP contribution in [0.25, 0.3) is 0 Å². The predicted molar refractivity (Wildman–Crippen MR) is 36.4 cm³/mol. The van der Waals surface area contributed by atoms with E-state index >= 15 is 0 Å². The Morgan fingerprint density at radius 2 is 2.18 bits per heavy atom. The molecule has 1 fully saturated rings. The molecule has 1 rings (SSSR count). The molecular formula is C6H12F2N2O. The second-order valence-corrected chi connectivity index (χ2v) is 3.07. The van der Waals surface area contributed by atoms with Crippen molar-refractivity contribution >= 4 is 0 Å². The van der Waals surface area contributed by atoms with Crippen LogP contribution < -0.4 is 5.73 Å². The van der Waals surface area contributed by atoms with Gasteiger partial charge in [-0.3, -0.25) is 4.90 Å². The van der Waals surface area contributed by atoms with Crippen molar-refractivity contribution in [3.63, 3.8) is 0 Å². The minimum atomic E-state index is -3.06. The van der Waals surface area contributed by atoms with Crippen LogP contribution in [0.2, 0.25) is 0 Å². The highest BCUT2D eigenvalue weighted by Gasteiger charge is 2.46. The summed E-state index contributed by atoms with van der Waals surface area (Å²) in [6.07, 6.45) is -1.70. The number of hydrogen-bond donors (Lipinski definition) is 2. The van der Waals surface area contributed by atoms with Gasteiger partial charge in [0.05, 0.1) is 6.54 Å². The minimum Gasteiger partial charge on any atom is -0.385 e. The molecule has 1 heterocycles. The van der Waals surface area contributed by atoms with E-state index in [4.69, 9.17) is 10.8 Å². The zero-order chi connectivity index (χ0) is 8.65. The van der Waals surface area contributed by atoms with E-state index < -0.39 is 24.6 Å². The molecule has 3 N–H and O–H groups in total. The molecule has 0 bridgehead atoms. The van der Waals surface area contributed by atoms with E-state index in [1.54, 1.807) is 7.05 Å². The van der Waals surface area contributed by atoms with Crippen molar-refractivity contribution in [1.82, 2.24) is 4.90 Å². The van der Waals surface area contributed by atoms with Crippen LogP contribution in [0, 0.1) is 0 Å². The molecule has 3 nitrogen and oxygen atoms in total. The smallest absolute Gasteiger partial charge is 0.287 e. The van der Waals surface area contributed by atoms with Crippen molar-refractivity contribution in [3.8, 4) is 0 Å². The molecule has 1 saturated heterocycles. The van der Waals surface area contributed by atoms with Crippen molar-refractivity contribution < 1.29 is 13.9 Å². The van der Waals surface area contributed by atoms with Gasteiger partial charge in [0.1, 0.15) is 6.10 Å². The van der Waals surface area contributed by atoms with Gasteiger partial charge in [-0.05, 0) is 7.05 Å². The fourth-order valence-electron chi connectivity index (χ4n) is 1.29. The Morgan fingerprint density at radius 3 is 2.64 bits per heavy atom. The molecule has 0 spiro atoms. The molecule has 0 aliphatic carbocycles. The summed E-state index contributed by atoms with van der Waals surface area (Å²) in [7, 11) is 1.56. The molecule has 0 amide bonds. The van der Waals surface area contributed by atoms with Crippen molar-refractivity contribution in [2.75, 3.05) is 20.1 Å². The van der Waals surface area contributed by atoms with E-state index in [1.807, 2.05) is 0 Å². The number of likely N-dealkylation sites (N-methyl/N-ethyl adjacent to an activating group) is 1. The number of rotatable bonds is 0. The largest absolute Gasteiger partial charge is 0.385 e. The molecule has 2 atom stereocenters. The number of nitrogens with two attached hydrogens (primary N) is 1. The van der Waals surface area contributed by atoms with Crippen molar-refractivity contribution in [1.29, 1.82) is 0 Å². The molecule has 5 heteroatoms. The lowest BCUT2D eigenvalue weighted by Gasteiger charge is -2.37. The quantitative estimate of drug-likeness (QED) is 0.498. The van der Waals surface area contributed by atoms with Gasteiger partial charge in [-0.15, -0.1) is 0 Å². The lowest BCUT2D eigenvalue weighted by Crippen LogP contribution is -2.61. The van der Waals surface area contributed by atoms with Crippen LogP contribution in [0.3, 0.4) is 0 Å². The summed E-state index contributed by atoms with van der Waals surface area (Å²) in [6, 6.07) is -0.844. The van der Waals surface area contributed by atoms with Crippen LogP contribution in [0.15, 0.2) is 0 Å². The number of likely N-dealkylation sites (tertiary alicyclic amines) is 1. The first-order valence-electron chi connectivity index (χ1n) is 3.43. The lowest BCUT2D eigenvalue weighted by molar-refractivity contribution is -0.153. The summed E-state index contributed by atoms with van der Waals surface area (Å²) < 4.78 is 25.5. The molecule has 1 aliphatic heterocycles. The minimum absolute atomic E-state index is 0.316. The van der Waals surface area contributed by atoms with E-state index in [1.165, 1.54) is 4.90 Å². The number of aliphatic hydroxyl groups is 1. The predicted octanol–water partition coefficient (Wildman–Crippen LogP) is -0.745. The highest BCUT2D eigenvalue weighted by molar-refractivity contribution is 4.93. The fourth-order valence-corrected chi connectivity index (χ4v) is 1.29. The Bertz CT molecular complexity index is 154. The average molecular weight is 166 g/mol. The van der Waals surface area contributed by atoms with E-state index in [2.05, 4.69) is 0 Å². The first kappa shape index (κ1) is 8.83. The van der Waals surface area contributed by atoms with Gasteiger partial charge in [-0.2, -0.15) is 0 Å². The molecule has 2 unspecified atom stereocenters. The van der Waals surface area contributed by atoms with Gasteiger partial charge in [0.25, 0.3) is 5.92 Å². The van der Waals surface area contributed by atoms with Crippen LogP contribution in [0.5, 0.6) is 0 Å². The molecule has 66 valence electrons. The second-order valence-electron chi connectivity index (χ2n) is 3.07. The Balaban J connectivity index is 2.67. The molecule has 0 aromatic heterocycles. The summed E-state index contributed by atoms with van der Waals surface area (Å²) in [6.45, 7) is -0.0986. The van der Waals surface area contributed by atoms with Crippen molar-refractivity contribution in [2.45, 2.75) is 18.1 Å². The van der Waals surface area contributed by atoms with Crippen LogP contribution in [-0.2, 0) is 0 Å². The molecule has 0 radical (unpaired) electrons. The topological polar surface area (TPSA) is 49.5 Å². The SMILES string of the molecule is CN1CC(N)C(O)C(F)(F)C1. The number of piperidine rings is 1. The summed E-state index contributed by atoms with van der Waals surface area (Å²) >= 11 is 0. The van der Waals surface area contributed by atoms with Crippen LogP contribution in [0.1, 0.15) is 0 Å². The highest BCUT2D eigenvalue weighted by atomic mass is 19.3. The Kier molecular flexibility index (Phi) is 2.13. The number of nitrogens with zero attached hydrogens (tertiary/aromatic N) is 1. The van der Waals surface area contributed by atoms with Gasteiger partial charge in [0, 0.05) is 12.6 Å². The molecule has 0 saturated carbocycles. The van der Waals surface area contributed by atoms with E-state index in [0.29, 0.717) is 6.54 Å². The first-order chi connectivity index (χ1) is 4.93. The Hall–Kier alpha value is -0.260. The molecule has 0 aromatic rings. The number of halogens is 2. The average Bonchev–Trinajstić information content (AvgIpc) is 1.81. The Morgan fingerprint density at radius 1 is 1.64 bits per heavy atom. The van der Waals surface area contributed by atoms with Crippen molar-refractivity contribution in [2.24, 2.45) is 5.73 Å². The maximum Gasteiger partial charge on any atom is 0.287 e. The van der Waals surface area contributed by atoms with Gasteiger partial charge < -0.3 is 10.8 Å². The van der Waals surface area contributed by atoms with E-state index in [0.717, 1.165) is 0 Å². The fraction of sp³-hybridized carbons (Fsp3) is 1.00. The van der Waals surface area contributed by atoms with E-state index in [-0.39, 0.29) is 0 Å². The van der Waals surface area contributed by atoms with Gasteiger partial charge in [-0.25, -0.2) is 8.78 Å². The molecule has 1 aliphatic rings. The zero-order valence-corrected chi connectivity index (χ0v) is 6.30.